The van der Waals surface area contributed by atoms with Gasteiger partial charge in [-0.1, -0.05) is 0 Å². The maximum absolute atomic E-state index is 12.1. The van der Waals surface area contributed by atoms with E-state index in [0.29, 0.717) is 6.04 Å². The van der Waals surface area contributed by atoms with Crippen molar-refractivity contribution >= 4 is 6.09 Å². The molecule has 1 amide bonds. The molecule has 23 heavy (non-hydrogen) atoms. The Labute approximate surface area is 139 Å². The Hall–Kier alpha value is -1.56. The third-order valence-electron chi connectivity index (χ3n) is 4.11. The van der Waals surface area contributed by atoms with E-state index in [9.17, 15) is 4.79 Å². The minimum Gasteiger partial charge on any atom is -0.444 e. The molecule has 130 valence electrons. The molecule has 0 bridgehead atoms. The summed E-state index contributed by atoms with van der Waals surface area (Å²) in [5, 5.41) is 7.97. The number of amides is 1. The van der Waals surface area contributed by atoms with Crippen LogP contribution in [0.4, 0.5) is 4.79 Å². The average molecular weight is 322 g/mol. The van der Waals surface area contributed by atoms with Gasteiger partial charge < -0.3 is 15.0 Å². The average Bonchev–Trinajstić information content (AvgIpc) is 2.95. The molecule has 6 nitrogen and oxygen atoms in total. The summed E-state index contributed by atoms with van der Waals surface area (Å²) in [5.41, 5.74) is 0.779. The second kappa shape index (κ2) is 7.34. The summed E-state index contributed by atoms with van der Waals surface area (Å²) in [6.07, 6.45) is 5.72. The molecule has 1 N–H and O–H groups in total. The predicted octanol–water partition coefficient (Wildman–Crippen LogP) is 2.95. The SMILES string of the molecule is CCn1cc(C(C)NC2CCN(C(=O)OC(C)(C)C)CC2)cn1. The Bertz CT molecular complexity index is 513. The standard InChI is InChI=1S/C17H30N4O2/c1-6-21-12-14(11-18-21)13(2)19-15-7-9-20(10-8-15)16(22)23-17(3,4)5/h11-13,15,19H,6-10H2,1-5H3. The van der Waals surface area contributed by atoms with Gasteiger partial charge in [-0.25, -0.2) is 4.79 Å². The molecule has 1 fully saturated rings. The highest BCUT2D eigenvalue weighted by atomic mass is 16.6. The van der Waals surface area contributed by atoms with Gasteiger partial charge in [0.05, 0.1) is 6.20 Å². The monoisotopic (exact) mass is 322 g/mol. The second-order valence-electron chi connectivity index (χ2n) is 7.26. The number of aromatic nitrogens is 2. The van der Waals surface area contributed by atoms with Gasteiger partial charge in [0.25, 0.3) is 0 Å². The zero-order valence-electron chi connectivity index (χ0n) is 15.0. The zero-order valence-corrected chi connectivity index (χ0v) is 15.0. The molecule has 0 aliphatic carbocycles. The number of nitrogens with zero attached hydrogens (tertiary/aromatic N) is 3. The molecule has 0 aromatic carbocycles. The predicted molar refractivity (Wildman–Crippen MR) is 90.3 cm³/mol. The van der Waals surface area contributed by atoms with E-state index >= 15 is 0 Å². The number of nitrogens with one attached hydrogen (secondary N) is 1. The topological polar surface area (TPSA) is 59.4 Å². The number of hydrogen-bond donors (Lipinski definition) is 1. The van der Waals surface area contributed by atoms with E-state index in [4.69, 9.17) is 4.74 Å². The van der Waals surface area contributed by atoms with Gasteiger partial charge >= 0.3 is 6.09 Å². The van der Waals surface area contributed by atoms with Gasteiger partial charge in [-0.2, -0.15) is 5.10 Å². The van der Waals surface area contributed by atoms with Gasteiger partial charge in [0.15, 0.2) is 0 Å². The van der Waals surface area contributed by atoms with E-state index in [1.54, 1.807) is 0 Å². The number of ether oxygens (including phenoxy) is 1. The first-order valence-corrected chi connectivity index (χ1v) is 8.55. The number of carbonyl (C=O) groups excluding carboxylic acids is 1. The van der Waals surface area contributed by atoms with Crippen LogP contribution >= 0.6 is 0 Å². The van der Waals surface area contributed by atoms with Crippen molar-refractivity contribution in [1.29, 1.82) is 0 Å². The third-order valence-corrected chi connectivity index (χ3v) is 4.11. The van der Waals surface area contributed by atoms with Crippen molar-refractivity contribution in [2.45, 2.75) is 71.7 Å². The molecule has 2 rings (SSSR count). The molecule has 2 heterocycles. The van der Waals surface area contributed by atoms with Crippen LogP contribution in [0, 0.1) is 0 Å². The molecule has 0 saturated carbocycles. The number of piperidine rings is 1. The highest BCUT2D eigenvalue weighted by Gasteiger charge is 2.27. The molecule has 1 aromatic heterocycles. The van der Waals surface area contributed by atoms with Gasteiger partial charge in [-0.05, 0) is 47.5 Å². The molecule has 1 unspecified atom stereocenters. The smallest absolute Gasteiger partial charge is 0.410 e. The van der Waals surface area contributed by atoms with Gasteiger partial charge in [0.2, 0.25) is 0 Å². The van der Waals surface area contributed by atoms with Crippen LogP contribution in [0.1, 0.15) is 59.1 Å². The lowest BCUT2D eigenvalue weighted by molar-refractivity contribution is 0.0196. The van der Waals surface area contributed by atoms with Gasteiger partial charge in [0.1, 0.15) is 5.60 Å². The van der Waals surface area contributed by atoms with E-state index in [1.807, 2.05) is 36.5 Å². The maximum Gasteiger partial charge on any atom is 0.410 e. The van der Waals surface area contributed by atoms with Crippen molar-refractivity contribution in [3.63, 3.8) is 0 Å². The van der Waals surface area contributed by atoms with Gasteiger partial charge in [-0.15, -0.1) is 0 Å². The molecule has 0 spiro atoms. The van der Waals surface area contributed by atoms with E-state index in [2.05, 4.69) is 30.5 Å². The van der Waals surface area contributed by atoms with Crippen LogP contribution in [0.2, 0.25) is 0 Å². The van der Waals surface area contributed by atoms with Crippen LogP contribution in [0.3, 0.4) is 0 Å². The lowest BCUT2D eigenvalue weighted by Gasteiger charge is -2.34. The lowest BCUT2D eigenvalue weighted by Crippen LogP contribution is -2.46. The van der Waals surface area contributed by atoms with E-state index < -0.39 is 5.60 Å². The van der Waals surface area contributed by atoms with Crippen molar-refractivity contribution < 1.29 is 9.53 Å². The Morgan fingerprint density at radius 3 is 2.61 bits per heavy atom. The second-order valence-corrected chi connectivity index (χ2v) is 7.26. The van der Waals surface area contributed by atoms with Crippen molar-refractivity contribution in [2.75, 3.05) is 13.1 Å². The molecular weight excluding hydrogens is 292 g/mol. The Kier molecular flexibility index (Phi) is 5.68. The summed E-state index contributed by atoms with van der Waals surface area (Å²) in [5.74, 6) is 0. The van der Waals surface area contributed by atoms with E-state index in [-0.39, 0.29) is 12.1 Å². The molecule has 1 aromatic rings. The summed E-state index contributed by atoms with van der Waals surface area (Å²) < 4.78 is 7.38. The van der Waals surface area contributed by atoms with Gasteiger partial charge in [0, 0.05) is 43.5 Å². The first kappa shape index (κ1) is 17.8. The Morgan fingerprint density at radius 2 is 2.09 bits per heavy atom. The van der Waals surface area contributed by atoms with Crippen LogP contribution in [-0.4, -0.2) is 45.5 Å². The normalized spacial score (nSPS) is 18.0. The Balaban J connectivity index is 1.79. The summed E-state index contributed by atoms with van der Waals surface area (Å²) in [6.45, 7) is 12.3. The minimum absolute atomic E-state index is 0.201. The van der Waals surface area contributed by atoms with Gasteiger partial charge in [-0.3, -0.25) is 4.68 Å². The van der Waals surface area contributed by atoms with Crippen molar-refractivity contribution in [2.24, 2.45) is 0 Å². The largest absolute Gasteiger partial charge is 0.444 e. The fraction of sp³-hybridized carbons (Fsp3) is 0.765. The van der Waals surface area contributed by atoms with Crippen LogP contribution in [0.5, 0.6) is 0 Å². The number of rotatable bonds is 4. The number of aryl methyl sites for hydroxylation is 1. The number of likely N-dealkylation sites (tertiary alicyclic amines) is 1. The highest BCUT2D eigenvalue weighted by molar-refractivity contribution is 5.68. The molecule has 6 heteroatoms. The summed E-state index contributed by atoms with van der Waals surface area (Å²) in [7, 11) is 0. The summed E-state index contributed by atoms with van der Waals surface area (Å²) >= 11 is 0. The molecule has 0 radical (unpaired) electrons. The third kappa shape index (κ3) is 5.23. The molecule has 1 atom stereocenters. The van der Waals surface area contributed by atoms with Crippen LogP contribution in [0.25, 0.3) is 0 Å². The molecule has 1 aliphatic rings. The minimum atomic E-state index is -0.430. The van der Waals surface area contributed by atoms with E-state index in [0.717, 1.165) is 32.5 Å². The fourth-order valence-electron chi connectivity index (χ4n) is 2.78. The van der Waals surface area contributed by atoms with Crippen LogP contribution < -0.4 is 5.32 Å². The first-order chi connectivity index (χ1) is 10.8. The summed E-state index contributed by atoms with van der Waals surface area (Å²) in [6, 6.07) is 0.696. The van der Waals surface area contributed by atoms with Crippen LogP contribution in [0.15, 0.2) is 12.4 Å². The Morgan fingerprint density at radius 1 is 1.43 bits per heavy atom. The molecular formula is C17H30N4O2. The molecule has 1 saturated heterocycles. The number of carbonyl (C=O) groups is 1. The van der Waals surface area contributed by atoms with Crippen molar-refractivity contribution in [3.05, 3.63) is 18.0 Å². The maximum atomic E-state index is 12.1. The lowest BCUT2D eigenvalue weighted by atomic mass is 10.0. The van der Waals surface area contributed by atoms with Crippen molar-refractivity contribution in [3.8, 4) is 0 Å². The number of hydrogen-bond acceptors (Lipinski definition) is 4. The zero-order chi connectivity index (χ0) is 17.0. The summed E-state index contributed by atoms with van der Waals surface area (Å²) in [4.78, 5) is 13.9. The quantitative estimate of drug-likeness (QED) is 0.926. The van der Waals surface area contributed by atoms with Crippen LogP contribution in [-0.2, 0) is 11.3 Å². The van der Waals surface area contributed by atoms with Crippen molar-refractivity contribution in [1.82, 2.24) is 20.0 Å². The van der Waals surface area contributed by atoms with E-state index in [1.165, 1.54) is 5.56 Å². The highest BCUT2D eigenvalue weighted by Crippen LogP contribution is 2.19. The first-order valence-electron chi connectivity index (χ1n) is 8.55. The fourth-order valence-corrected chi connectivity index (χ4v) is 2.78. The molecule has 1 aliphatic heterocycles.